The average molecular weight is 440 g/mol. The number of nitrogens with zero attached hydrogens (tertiary/aromatic N) is 1. The molecule has 0 aliphatic heterocycles. The van der Waals surface area contributed by atoms with Crippen LogP contribution in [0.1, 0.15) is 39.2 Å². The first kappa shape index (κ1) is 25.0. The van der Waals surface area contributed by atoms with Crippen molar-refractivity contribution in [2.45, 2.75) is 52.1 Å². The van der Waals surface area contributed by atoms with Crippen molar-refractivity contribution in [2.75, 3.05) is 19.8 Å². The molecular weight excluding hydrogens is 415 g/mol. The quantitative estimate of drug-likeness (QED) is 0.380. The lowest BCUT2D eigenvalue weighted by molar-refractivity contribution is -0.274. The van der Waals surface area contributed by atoms with E-state index in [4.69, 9.17) is 21.1 Å². The molecule has 0 N–H and O–H groups in total. The molecule has 1 rings (SSSR count). The van der Waals surface area contributed by atoms with Gasteiger partial charge in [-0.3, -0.25) is 0 Å². The predicted octanol–water partition coefficient (Wildman–Crippen LogP) is 4.97. The minimum Gasteiger partial charge on any atom is -0.444 e. The SMILES string of the molecule is CC(C)(C)OC(=O)N(CCCCOCC=O)Cc1ccc(OC(F)(F)F)c(Cl)c1. The molecule has 10 heteroatoms. The van der Waals surface area contributed by atoms with E-state index in [9.17, 15) is 22.8 Å². The fraction of sp³-hybridized carbons (Fsp3) is 0.579. The van der Waals surface area contributed by atoms with Crippen LogP contribution in [-0.2, 0) is 20.8 Å². The summed E-state index contributed by atoms with van der Waals surface area (Å²) in [6.45, 7) is 6.01. The van der Waals surface area contributed by atoms with Crippen LogP contribution >= 0.6 is 11.6 Å². The van der Waals surface area contributed by atoms with Gasteiger partial charge in [-0.2, -0.15) is 0 Å². The van der Waals surface area contributed by atoms with Crippen molar-refractivity contribution < 1.29 is 37.0 Å². The Bertz CT molecular complexity index is 677. The summed E-state index contributed by atoms with van der Waals surface area (Å²) in [5.74, 6) is -0.515. The number of aldehydes is 1. The van der Waals surface area contributed by atoms with Crippen molar-refractivity contribution in [3.8, 4) is 5.75 Å². The molecule has 0 spiro atoms. The Morgan fingerprint density at radius 3 is 2.45 bits per heavy atom. The highest BCUT2D eigenvalue weighted by Crippen LogP contribution is 2.31. The normalized spacial score (nSPS) is 11.8. The summed E-state index contributed by atoms with van der Waals surface area (Å²) in [5, 5.41) is -0.216. The molecular formula is C19H25ClF3NO5. The molecule has 164 valence electrons. The number of hydrogen-bond acceptors (Lipinski definition) is 5. The van der Waals surface area contributed by atoms with E-state index in [-0.39, 0.29) is 18.2 Å². The lowest BCUT2D eigenvalue weighted by Gasteiger charge is -2.27. The number of benzene rings is 1. The first-order chi connectivity index (χ1) is 13.4. The lowest BCUT2D eigenvalue weighted by Crippen LogP contribution is -2.37. The third-order valence-electron chi connectivity index (χ3n) is 3.40. The van der Waals surface area contributed by atoms with Crippen LogP contribution in [0.15, 0.2) is 18.2 Å². The third kappa shape index (κ3) is 10.9. The van der Waals surface area contributed by atoms with Crippen LogP contribution < -0.4 is 4.74 Å². The Balaban J connectivity index is 2.80. The van der Waals surface area contributed by atoms with Gasteiger partial charge >= 0.3 is 12.5 Å². The Kier molecular flexibility index (Phi) is 9.72. The average Bonchev–Trinajstić information content (AvgIpc) is 2.56. The molecule has 1 amide bonds. The van der Waals surface area contributed by atoms with E-state index in [1.54, 1.807) is 20.8 Å². The summed E-state index contributed by atoms with van der Waals surface area (Å²) in [4.78, 5) is 24.1. The van der Waals surface area contributed by atoms with Gasteiger partial charge in [0, 0.05) is 19.7 Å². The summed E-state index contributed by atoms with van der Waals surface area (Å²) >= 11 is 5.88. The van der Waals surface area contributed by atoms with Crippen molar-refractivity contribution in [3.05, 3.63) is 28.8 Å². The molecule has 0 heterocycles. The minimum atomic E-state index is -4.85. The smallest absolute Gasteiger partial charge is 0.444 e. The van der Waals surface area contributed by atoms with Crippen LogP contribution in [0.5, 0.6) is 5.75 Å². The van der Waals surface area contributed by atoms with Gasteiger partial charge < -0.3 is 23.9 Å². The van der Waals surface area contributed by atoms with Gasteiger partial charge in [-0.25, -0.2) is 4.79 Å². The second-order valence-electron chi connectivity index (χ2n) is 7.16. The number of rotatable bonds is 10. The van der Waals surface area contributed by atoms with E-state index >= 15 is 0 Å². The number of ether oxygens (including phenoxy) is 3. The molecule has 0 radical (unpaired) electrons. The maximum atomic E-state index is 12.5. The van der Waals surface area contributed by atoms with Crippen LogP contribution in [0.25, 0.3) is 0 Å². The molecule has 0 fully saturated rings. The second-order valence-corrected chi connectivity index (χ2v) is 7.57. The van der Waals surface area contributed by atoms with Gasteiger partial charge in [0.25, 0.3) is 0 Å². The zero-order valence-corrected chi connectivity index (χ0v) is 17.3. The van der Waals surface area contributed by atoms with E-state index in [1.807, 2.05) is 0 Å². The van der Waals surface area contributed by atoms with Crippen LogP contribution in [0.4, 0.5) is 18.0 Å². The first-order valence-corrected chi connectivity index (χ1v) is 9.32. The Labute approximate surface area is 172 Å². The molecule has 0 saturated carbocycles. The second kappa shape index (κ2) is 11.3. The molecule has 0 atom stereocenters. The largest absolute Gasteiger partial charge is 0.573 e. The van der Waals surface area contributed by atoms with E-state index in [2.05, 4.69) is 4.74 Å². The highest BCUT2D eigenvalue weighted by Gasteiger charge is 2.32. The summed E-state index contributed by atoms with van der Waals surface area (Å²) in [7, 11) is 0. The molecule has 0 aliphatic carbocycles. The molecule has 0 aliphatic rings. The molecule has 6 nitrogen and oxygen atoms in total. The summed E-state index contributed by atoms with van der Waals surface area (Å²) in [5.41, 5.74) is -0.183. The highest BCUT2D eigenvalue weighted by molar-refractivity contribution is 6.32. The van der Waals surface area contributed by atoms with Crippen LogP contribution in [0.3, 0.4) is 0 Å². The number of hydrogen-bond donors (Lipinski definition) is 0. The fourth-order valence-electron chi connectivity index (χ4n) is 2.27. The standard InChI is InChI=1S/C19H25ClF3NO5/c1-18(2,3)29-17(26)24(8-4-5-10-27-11-9-25)13-14-6-7-16(15(20)12-14)28-19(21,22)23/h6-7,9,12H,4-5,8,10-11,13H2,1-3H3. The molecule has 1 aromatic rings. The van der Waals surface area contributed by atoms with Crippen LogP contribution in [-0.4, -0.2) is 49.0 Å². The predicted molar refractivity (Wildman–Crippen MR) is 101 cm³/mol. The van der Waals surface area contributed by atoms with Gasteiger partial charge in [-0.05, 0) is 51.3 Å². The van der Waals surface area contributed by atoms with Crippen molar-refractivity contribution >= 4 is 24.0 Å². The molecule has 0 saturated heterocycles. The van der Waals surface area contributed by atoms with E-state index in [0.29, 0.717) is 37.8 Å². The number of amides is 1. The van der Waals surface area contributed by atoms with Crippen LogP contribution in [0.2, 0.25) is 5.02 Å². The van der Waals surface area contributed by atoms with Crippen LogP contribution in [0, 0.1) is 0 Å². The van der Waals surface area contributed by atoms with Crippen molar-refractivity contribution in [2.24, 2.45) is 0 Å². The van der Waals surface area contributed by atoms with Crippen molar-refractivity contribution in [1.82, 2.24) is 4.90 Å². The lowest BCUT2D eigenvalue weighted by atomic mass is 10.2. The topological polar surface area (TPSA) is 65.1 Å². The van der Waals surface area contributed by atoms with Crippen molar-refractivity contribution in [1.29, 1.82) is 0 Å². The maximum absolute atomic E-state index is 12.5. The Morgan fingerprint density at radius 2 is 1.90 bits per heavy atom. The molecule has 0 unspecified atom stereocenters. The summed E-state index contributed by atoms with van der Waals surface area (Å²) in [6.07, 6.45) is -3.55. The van der Waals surface area contributed by atoms with Gasteiger partial charge in [-0.15, -0.1) is 13.2 Å². The Morgan fingerprint density at radius 1 is 1.21 bits per heavy atom. The maximum Gasteiger partial charge on any atom is 0.573 e. The number of alkyl halides is 3. The summed E-state index contributed by atoms with van der Waals surface area (Å²) in [6, 6.07) is 3.82. The fourth-order valence-corrected chi connectivity index (χ4v) is 2.51. The minimum absolute atomic E-state index is 0.0145. The number of unbranched alkanes of at least 4 members (excludes halogenated alkanes) is 1. The Hall–Kier alpha value is -2.00. The zero-order valence-electron chi connectivity index (χ0n) is 16.6. The molecule has 0 aromatic heterocycles. The van der Waals surface area contributed by atoms with E-state index in [1.165, 1.54) is 17.0 Å². The number of carbonyl (C=O) groups is 2. The van der Waals surface area contributed by atoms with Gasteiger partial charge in [-0.1, -0.05) is 17.7 Å². The zero-order chi connectivity index (χ0) is 22.1. The monoisotopic (exact) mass is 439 g/mol. The summed E-state index contributed by atoms with van der Waals surface area (Å²) < 4.78 is 51.4. The van der Waals surface area contributed by atoms with Gasteiger partial charge in [0.2, 0.25) is 0 Å². The number of halogens is 4. The van der Waals surface area contributed by atoms with Crippen molar-refractivity contribution in [3.63, 3.8) is 0 Å². The molecule has 1 aromatic carbocycles. The van der Waals surface area contributed by atoms with Gasteiger partial charge in [0.1, 0.15) is 24.2 Å². The van der Waals surface area contributed by atoms with Gasteiger partial charge in [0.05, 0.1) is 5.02 Å². The first-order valence-electron chi connectivity index (χ1n) is 8.95. The number of carbonyl (C=O) groups excluding carboxylic acids is 2. The molecule has 0 bridgehead atoms. The highest BCUT2D eigenvalue weighted by atomic mass is 35.5. The van der Waals surface area contributed by atoms with E-state index < -0.39 is 23.8 Å². The third-order valence-corrected chi connectivity index (χ3v) is 3.70. The van der Waals surface area contributed by atoms with E-state index in [0.717, 1.165) is 6.07 Å². The van der Waals surface area contributed by atoms with Gasteiger partial charge in [0.15, 0.2) is 0 Å². The molecule has 29 heavy (non-hydrogen) atoms.